The highest BCUT2D eigenvalue weighted by Gasteiger charge is 2.85. The molecule has 0 aromatic rings. The van der Waals surface area contributed by atoms with Crippen LogP contribution in [0, 0.1) is 10.8 Å². The molecule has 2 aliphatic heterocycles. The molecule has 2 heteroatoms. The molecule has 0 aromatic heterocycles. The molecule has 2 saturated heterocycles. The van der Waals surface area contributed by atoms with E-state index in [1.54, 1.807) is 0 Å². The molecule has 0 aromatic carbocycles. The van der Waals surface area contributed by atoms with Gasteiger partial charge in [0, 0.05) is 18.3 Å². The number of hydrogen-bond donors (Lipinski definition) is 0. The maximum atomic E-state index is 6.00. The highest BCUT2D eigenvalue weighted by molar-refractivity contribution is 5.33. The molecule has 2 atom stereocenters. The number of rotatable bonds is 1. The number of fused-ring (bicyclic) bond motifs is 1. The van der Waals surface area contributed by atoms with Crippen LogP contribution in [-0.4, -0.2) is 18.5 Å². The van der Waals surface area contributed by atoms with Gasteiger partial charge in [-0.05, 0) is 24.7 Å². The second kappa shape index (κ2) is 1.70. The van der Waals surface area contributed by atoms with Crippen molar-refractivity contribution in [1.29, 1.82) is 0 Å². The zero-order valence-corrected chi connectivity index (χ0v) is 8.14. The molecule has 0 amide bonds. The SMILES string of the molecule is CC12CC1(C1CC3(CCCO3)O1)C2. The lowest BCUT2D eigenvalue weighted by Gasteiger charge is -2.46. The van der Waals surface area contributed by atoms with Gasteiger partial charge in [0.15, 0.2) is 5.79 Å². The van der Waals surface area contributed by atoms with Crippen molar-refractivity contribution in [3.8, 4) is 0 Å². The molecule has 2 saturated carbocycles. The molecule has 4 rings (SSSR count). The van der Waals surface area contributed by atoms with Crippen molar-refractivity contribution in [1.82, 2.24) is 0 Å². The molecule has 13 heavy (non-hydrogen) atoms. The molecule has 1 spiro atoms. The summed E-state index contributed by atoms with van der Waals surface area (Å²) in [5.74, 6) is -0.106. The van der Waals surface area contributed by atoms with Crippen molar-refractivity contribution in [3.63, 3.8) is 0 Å². The van der Waals surface area contributed by atoms with Gasteiger partial charge in [-0.15, -0.1) is 0 Å². The molecule has 0 N–H and O–H groups in total. The summed E-state index contributed by atoms with van der Waals surface area (Å²) in [5.41, 5.74) is 1.32. The average Bonchev–Trinajstić information content (AvgIpc) is 2.67. The summed E-state index contributed by atoms with van der Waals surface area (Å²) in [6.45, 7) is 3.31. The van der Waals surface area contributed by atoms with Crippen LogP contribution >= 0.6 is 0 Å². The Labute approximate surface area is 78.6 Å². The van der Waals surface area contributed by atoms with Crippen LogP contribution in [0.2, 0.25) is 0 Å². The number of hydrogen-bond acceptors (Lipinski definition) is 2. The predicted octanol–water partition coefficient (Wildman–Crippen LogP) is 2.08. The van der Waals surface area contributed by atoms with E-state index in [2.05, 4.69) is 6.92 Å². The van der Waals surface area contributed by atoms with E-state index >= 15 is 0 Å². The Balaban J connectivity index is 1.48. The van der Waals surface area contributed by atoms with Gasteiger partial charge in [0.1, 0.15) is 0 Å². The van der Waals surface area contributed by atoms with Crippen LogP contribution in [-0.2, 0) is 9.47 Å². The van der Waals surface area contributed by atoms with E-state index in [9.17, 15) is 0 Å². The van der Waals surface area contributed by atoms with Crippen molar-refractivity contribution in [2.45, 2.75) is 50.9 Å². The maximum Gasteiger partial charge on any atom is 0.171 e. The first-order valence-corrected chi connectivity index (χ1v) is 5.50. The van der Waals surface area contributed by atoms with E-state index in [0.717, 1.165) is 13.0 Å². The average molecular weight is 180 g/mol. The Bertz CT molecular complexity index is 264. The third-order valence-corrected chi connectivity index (χ3v) is 4.90. The Morgan fingerprint density at radius 2 is 2.00 bits per heavy atom. The van der Waals surface area contributed by atoms with Crippen LogP contribution in [0.15, 0.2) is 0 Å². The normalized spacial score (nSPS) is 67.6. The first kappa shape index (κ1) is 7.24. The fraction of sp³-hybridized carbons (Fsp3) is 1.00. The summed E-state index contributed by atoms with van der Waals surface area (Å²) in [7, 11) is 0. The molecule has 2 aliphatic carbocycles. The lowest BCUT2D eigenvalue weighted by Crippen LogP contribution is -2.52. The van der Waals surface area contributed by atoms with Gasteiger partial charge in [0.2, 0.25) is 0 Å². The molecule has 2 heterocycles. The van der Waals surface area contributed by atoms with Gasteiger partial charge in [-0.25, -0.2) is 0 Å². The molecule has 2 unspecified atom stereocenters. The van der Waals surface area contributed by atoms with Crippen molar-refractivity contribution in [2.75, 3.05) is 6.61 Å². The smallest absolute Gasteiger partial charge is 0.171 e. The lowest BCUT2D eigenvalue weighted by molar-refractivity contribution is -0.332. The van der Waals surface area contributed by atoms with E-state index in [-0.39, 0.29) is 5.79 Å². The first-order chi connectivity index (χ1) is 6.18. The van der Waals surface area contributed by atoms with Gasteiger partial charge in [-0.2, -0.15) is 0 Å². The Kier molecular flexibility index (Phi) is 0.947. The van der Waals surface area contributed by atoms with Crippen LogP contribution < -0.4 is 0 Å². The molecule has 0 radical (unpaired) electrons. The van der Waals surface area contributed by atoms with Gasteiger partial charge in [0.25, 0.3) is 0 Å². The van der Waals surface area contributed by atoms with Crippen LogP contribution in [0.3, 0.4) is 0 Å². The second-order valence-corrected chi connectivity index (χ2v) is 5.74. The Hall–Kier alpha value is -0.0800. The maximum absolute atomic E-state index is 6.00. The van der Waals surface area contributed by atoms with Gasteiger partial charge in [0.05, 0.1) is 12.7 Å². The lowest BCUT2D eigenvalue weighted by atomic mass is 9.91. The van der Waals surface area contributed by atoms with Crippen molar-refractivity contribution in [2.24, 2.45) is 10.8 Å². The monoisotopic (exact) mass is 180 g/mol. The fourth-order valence-corrected chi connectivity index (χ4v) is 3.63. The summed E-state index contributed by atoms with van der Waals surface area (Å²) in [4.78, 5) is 0. The molecule has 4 fully saturated rings. The van der Waals surface area contributed by atoms with Gasteiger partial charge in [-0.1, -0.05) is 6.92 Å². The third-order valence-electron chi connectivity index (χ3n) is 4.90. The summed E-state index contributed by atoms with van der Waals surface area (Å²) in [6, 6.07) is 0. The topological polar surface area (TPSA) is 18.5 Å². The Morgan fingerprint density at radius 1 is 1.31 bits per heavy atom. The highest BCUT2D eigenvalue weighted by Crippen LogP contribution is 2.89. The van der Waals surface area contributed by atoms with Crippen molar-refractivity contribution in [3.05, 3.63) is 0 Å². The van der Waals surface area contributed by atoms with Crippen molar-refractivity contribution >= 4 is 0 Å². The first-order valence-electron chi connectivity index (χ1n) is 5.50. The Morgan fingerprint density at radius 3 is 2.46 bits per heavy atom. The minimum atomic E-state index is -0.106. The van der Waals surface area contributed by atoms with Crippen LogP contribution in [0.1, 0.15) is 39.0 Å². The van der Waals surface area contributed by atoms with E-state index in [1.807, 2.05) is 0 Å². The fourth-order valence-electron chi connectivity index (χ4n) is 3.63. The third kappa shape index (κ3) is 0.668. The van der Waals surface area contributed by atoms with Gasteiger partial charge in [-0.3, -0.25) is 0 Å². The quantitative estimate of drug-likeness (QED) is 0.615. The van der Waals surface area contributed by atoms with Crippen LogP contribution in [0.25, 0.3) is 0 Å². The molecular formula is C11H16O2. The number of ether oxygens (including phenoxy) is 2. The van der Waals surface area contributed by atoms with E-state index in [4.69, 9.17) is 9.47 Å². The molecule has 4 aliphatic rings. The van der Waals surface area contributed by atoms with Crippen LogP contribution in [0.5, 0.6) is 0 Å². The second-order valence-electron chi connectivity index (χ2n) is 5.74. The summed E-state index contributed by atoms with van der Waals surface area (Å²) >= 11 is 0. The van der Waals surface area contributed by atoms with Gasteiger partial charge >= 0.3 is 0 Å². The highest BCUT2D eigenvalue weighted by atomic mass is 16.7. The van der Waals surface area contributed by atoms with E-state index in [0.29, 0.717) is 16.9 Å². The predicted molar refractivity (Wildman–Crippen MR) is 47.2 cm³/mol. The van der Waals surface area contributed by atoms with E-state index < -0.39 is 0 Å². The summed E-state index contributed by atoms with van der Waals surface area (Å²) in [5, 5.41) is 0. The molecule has 2 nitrogen and oxygen atoms in total. The van der Waals surface area contributed by atoms with Gasteiger partial charge < -0.3 is 9.47 Å². The molecule has 0 bridgehead atoms. The van der Waals surface area contributed by atoms with E-state index in [1.165, 1.54) is 25.7 Å². The minimum Gasteiger partial charge on any atom is -0.350 e. The zero-order chi connectivity index (χ0) is 8.73. The summed E-state index contributed by atoms with van der Waals surface area (Å²) < 4.78 is 11.7. The van der Waals surface area contributed by atoms with Crippen molar-refractivity contribution < 1.29 is 9.47 Å². The standard InChI is InChI=1S/C11H16O2/c1-9-6-10(9,7-9)8-5-11(13-8)3-2-4-12-11/h8H,2-7H2,1H3. The molecular weight excluding hydrogens is 164 g/mol. The van der Waals surface area contributed by atoms with Crippen LogP contribution in [0.4, 0.5) is 0 Å². The largest absolute Gasteiger partial charge is 0.350 e. The molecule has 72 valence electrons. The summed E-state index contributed by atoms with van der Waals surface area (Å²) in [6.07, 6.45) is 6.90. The zero-order valence-electron chi connectivity index (χ0n) is 8.14. The minimum absolute atomic E-state index is 0.106.